The molecule has 3 saturated heterocycles. The lowest BCUT2D eigenvalue weighted by Gasteiger charge is -2.39. The Labute approximate surface area is 819 Å². The highest BCUT2D eigenvalue weighted by atomic mass is 32.2. The molecule has 2 aromatic heterocycles. The Kier molecular flexibility index (Phi) is 32.8. The highest BCUT2D eigenvalue weighted by Gasteiger charge is 2.48. The predicted octanol–water partition coefficient (Wildman–Crippen LogP) is 14.4. The van der Waals surface area contributed by atoms with Gasteiger partial charge in [-0.2, -0.15) is 8.42 Å². The highest BCUT2D eigenvalue weighted by Crippen LogP contribution is 2.46. The molecule has 34 heteroatoms. The fourth-order valence-corrected chi connectivity index (χ4v) is 21.1. The third-order valence-corrected chi connectivity index (χ3v) is 29.4. The van der Waals surface area contributed by atoms with Crippen LogP contribution in [0.5, 0.6) is 34.5 Å². The van der Waals surface area contributed by atoms with Gasteiger partial charge in [0.2, 0.25) is 0 Å². The minimum absolute atomic E-state index is 0.0582. The number of pyridine rings is 1. The number of anilines is 4. The van der Waals surface area contributed by atoms with Crippen LogP contribution in [0, 0.1) is 6.92 Å². The van der Waals surface area contributed by atoms with Gasteiger partial charge < -0.3 is 53.0 Å². The number of amides is 6. The monoisotopic (exact) mass is 1940 g/mol. The number of piperazine rings is 3. The number of nitrogens with one attached hydrogen (secondary N) is 3. The Morgan fingerprint density at radius 1 is 0.364 bits per heavy atom. The number of imidazole rings is 1. The zero-order valence-corrected chi connectivity index (χ0v) is 82.7. The standard InChI is InChI=1S/C37H44N6O6S.C37H41N5O4.C32H39N5O6S/c1-25(27-11-7-6-8-12-27)41-19-21-42(22-20-41)31-14-9-13-29-35(31)37(45)43(36(29)44)30(28-16-17-32(48-4)33(23-28)49-5)15-10-18-38-50(46,47)34-24-40(3)26(2)39-34;1-26(27-11-5-4-6-12-27)40-21-23-41(24-22-40)31-14-9-13-29-35(31)37(44)42(36(29)43)30(15-10-20-39-34-16-7-8-19-38-34)28-17-18-32(45-2)33(25-28)46-3;1-22(23-9-5-4-6-10-23)35-17-19-36(20-18-35)27-12-7-11-25-30(27)32(39)37(31(25)38)26(13-8-16-34-44(33,40)41)24-14-15-28(42-2)29(21-24)43-3/h6-9,11-14,16-17,23-25,30,38H,10,15,18-22H2,1-5H3;4-9,11-14,16-19,25-26,30H,10,15,20-24H2,1-3H3,(H,38,39);4-7,9-12,14-15,21-22,26,34H,8,13,16-20H2,1-3H3,(H2,33,40,41)/t25-,30-;26-,30-;22-,26-/m111/s1. The van der Waals surface area contributed by atoms with E-state index in [4.69, 9.17) is 33.6 Å². The number of aromatic nitrogens is 3. The van der Waals surface area contributed by atoms with Crippen molar-refractivity contribution in [3.8, 4) is 34.5 Å². The Bertz CT molecular complexity index is 6440. The number of nitrogens with two attached hydrogens (primary N) is 1. The molecule has 140 heavy (non-hydrogen) atoms. The average Bonchev–Trinajstić information content (AvgIpc) is 1.60. The average molecular weight is 1940 g/mol. The van der Waals surface area contributed by atoms with Gasteiger partial charge in [0.25, 0.3) is 55.7 Å². The third-order valence-electron chi connectivity index (χ3n) is 27.4. The molecule has 3 fully saturated rings. The molecule has 5 N–H and O–H groups in total. The van der Waals surface area contributed by atoms with Crippen LogP contribution in [0.25, 0.3) is 0 Å². The van der Waals surface area contributed by atoms with E-state index in [0.717, 1.165) is 80.8 Å². The van der Waals surface area contributed by atoms with Crippen molar-refractivity contribution in [3.05, 3.63) is 303 Å². The largest absolute Gasteiger partial charge is 0.493 e. The highest BCUT2D eigenvalue weighted by molar-refractivity contribution is 7.89. The lowest BCUT2D eigenvalue weighted by molar-refractivity contribution is 0.0557. The summed E-state index contributed by atoms with van der Waals surface area (Å²) >= 11 is 0. The number of hydrogen-bond acceptors (Lipinski definition) is 25. The van der Waals surface area contributed by atoms with Crippen molar-refractivity contribution in [1.82, 2.24) is 53.4 Å². The van der Waals surface area contributed by atoms with Gasteiger partial charge in [0.05, 0.1) is 111 Å². The van der Waals surface area contributed by atoms with E-state index in [1.807, 2.05) is 97.1 Å². The van der Waals surface area contributed by atoms with E-state index in [2.05, 4.69) is 148 Å². The number of fused-ring (bicyclic) bond motifs is 3. The molecule has 11 aromatic rings. The number of aryl methyl sites for hydroxylation is 2. The molecule has 6 aliphatic heterocycles. The molecule has 6 atom stereocenters. The maximum Gasteiger partial charge on any atom is 0.274 e. The zero-order valence-electron chi connectivity index (χ0n) is 81.0. The molecule has 736 valence electrons. The van der Waals surface area contributed by atoms with Crippen molar-refractivity contribution in [3.63, 3.8) is 0 Å². The summed E-state index contributed by atoms with van der Waals surface area (Å²) < 4.78 is 88.3. The van der Waals surface area contributed by atoms with Crippen LogP contribution in [0.3, 0.4) is 0 Å². The van der Waals surface area contributed by atoms with Gasteiger partial charge in [-0.05, 0) is 185 Å². The number of carbonyl (C=O) groups excluding carboxylic acids is 6. The molecule has 0 saturated carbocycles. The molecular weight excluding hydrogens is 1820 g/mol. The fraction of sp³-hybridized carbons (Fsp3) is 0.358. The van der Waals surface area contributed by atoms with E-state index in [1.165, 1.54) is 66.0 Å². The van der Waals surface area contributed by atoms with Crippen molar-refractivity contribution in [2.75, 3.05) is 161 Å². The maximum absolute atomic E-state index is 14.4. The molecule has 0 bridgehead atoms. The topological polar surface area (TPSA) is 348 Å². The van der Waals surface area contributed by atoms with Crippen LogP contribution in [-0.2, 0) is 27.3 Å². The predicted molar refractivity (Wildman–Crippen MR) is 538 cm³/mol. The summed E-state index contributed by atoms with van der Waals surface area (Å²) in [6.45, 7) is 18.6. The first-order chi connectivity index (χ1) is 67.7. The SMILES string of the molecule is COc1ccc([C@@H](CCCNS(=O)(=O)c2cn(C)c(C)n2)N2C(=O)c3cccc(N4CCN([C@H](C)c5ccccc5)CC4)c3C2=O)cc1OC.COc1ccc([C@@H](CCCNS(N)(=O)=O)N2C(=O)c3cccc(N4CCN([C@H](C)c5ccccc5)CC4)c3C2=O)cc1OC.COc1ccc([C@@H](CCCNc2ccccn2)N2C(=O)c3cccc(N4CCN([C@H](C)c5ccccc5)CC4)c3C2=O)cc1OC. The summed E-state index contributed by atoms with van der Waals surface area (Å²) in [6, 6.07) is 68.8. The summed E-state index contributed by atoms with van der Waals surface area (Å²) in [5.41, 5.74) is 10.8. The molecule has 32 nitrogen and oxygen atoms in total. The molecule has 9 aromatic carbocycles. The lowest BCUT2D eigenvalue weighted by Crippen LogP contribution is -2.47. The van der Waals surface area contributed by atoms with Gasteiger partial charge >= 0.3 is 0 Å². The van der Waals surface area contributed by atoms with Crippen molar-refractivity contribution in [2.24, 2.45) is 12.2 Å². The Morgan fingerprint density at radius 2 is 0.686 bits per heavy atom. The first-order valence-electron chi connectivity index (χ1n) is 47.4. The minimum Gasteiger partial charge on any atom is -0.493 e. The van der Waals surface area contributed by atoms with Gasteiger partial charge in [-0.15, -0.1) is 0 Å². The second-order valence-electron chi connectivity index (χ2n) is 35.4. The van der Waals surface area contributed by atoms with E-state index in [-0.39, 0.29) is 65.6 Å². The number of carbonyl (C=O) groups is 6. The minimum atomic E-state index is -3.88. The summed E-state index contributed by atoms with van der Waals surface area (Å²) in [4.78, 5) is 112. The molecule has 8 heterocycles. The van der Waals surface area contributed by atoms with Crippen LogP contribution in [0.1, 0.15) is 197 Å². The first kappa shape index (κ1) is 101. The molecule has 0 unspecified atom stereocenters. The Balaban J connectivity index is 0.000000159. The van der Waals surface area contributed by atoms with E-state index < -0.39 is 38.4 Å². The number of nitrogens with zero attached hydrogens (tertiary/aromatic N) is 12. The number of hydrogen-bond donors (Lipinski definition) is 4. The zero-order chi connectivity index (χ0) is 99.1. The number of rotatable bonds is 37. The van der Waals surface area contributed by atoms with Crippen LogP contribution in [0.15, 0.2) is 236 Å². The van der Waals surface area contributed by atoms with Crippen molar-refractivity contribution in [1.29, 1.82) is 0 Å². The maximum atomic E-state index is 14.4. The summed E-state index contributed by atoms with van der Waals surface area (Å²) in [5, 5.41) is 8.39. The Morgan fingerprint density at radius 3 is 0.986 bits per heavy atom. The first-order valence-corrected chi connectivity index (χ1v) is 50.4. The second-order valence-corrected chi connectivity index (χ2v) is 38.5. The summed E-state index contributed by atoms with van der Waals surface area (Å²) in [6.07, 6.45) is 5.75. The molecular formula is C106H124N16O16S2. The van der Waals surface area contributed by atoms with Crippen LogP contribution in [-0.4, -0.2) is 237 Å². The number of imide groups is 3. The second kappa shape index (κ2) is 45.6. The van der Waals surface area contributed by atoms with Crippen LogP contribution in [0.2, 0.25) is 0 Å². The normalized spacial score (nSPS) is 16.5. The van der Waals surface area contributed by atoms with E-state index >= 15 is 0 Å². The summed E-state index contributed by atoms with van der Waals surface area (Å²) in [7, 11) is 3.29. The molecule has 6 amide bonds. The molecule has 17 rings (SSSR count). The number of ether oxygens (including phenoxy) is 6. The Hall–Kier alpha value is -13.6. The van der Waals surface area contributed by atoms with Gasteiger partial charge in [0.1, 0.15) is 11.6 Å². The number of methoxy groups -OCH3 is 6. The van der Waals surface area contributed by atoms with E-state index in [0.29, 0.717) is 162 Å². The van der Waals surface area contributed by atoms with Gasteiger partial charge in [-0.25, -0.2) is 33.0 Å². The summed E-state index contributed by atoms with van der Waals surface area (Å²) in [5.74, 6) is 2.40. The fourth-order valence-electron chi connectivity index (χ4n) is 19.6. The lowest BCUT2D eigenvalue weighted by atomic mass is 9.99. The van der Waals surface area contributed by atoms with Crippen molar-refractivity contribution < 1.29 is 74.0 Å². The van der Waals surface area contributed by atoms with Gasteiger partial charge in [0.15, 0.2) is 39.5 Å². The van der Waals surface area contributed by atoms with Gasteiger partial charge in [-0.1, -0.05) is 133 Å². The third kappa shape index (κ3) is 22.5. The molecule has 0 radical (unpaired) electrons. The quantitative estimate of drug-likeness (QED) is 0.0207. The van der Waals surface area contributed by atoms with E-state index in [9.17, 15) is 45.6 Å². The smallest absolute Gasteiger partial charge is 0.274 e. The molecule has 0 aliphatic carbocycles. The van der Waals surface area contributed by atoms with Crippen molar-refractivity contribution in [2.45, 2.75) is 107 Å². The van der Waals surface area contributed by atoms with Crippen LogP contribution in [0.4, 0.5) is 22.9 Å². The molecule has 0 spiro atoms. The molecule has 6 aliphatic rings. The van der Waals surface area contributed by atoms with Crippen LogP contribution < -0.4 is 63.0 Å². The number of sulfonamides is 1. The number of benzene rings is 9. The van der Waals surface area contributed by atoms with Crippen LogP contribution >= 0.6 is 0 Å². The van der Waals surface area contributed by atoms with Gasteiger partial charge in [-0.3, -0.25) is 58.2 Å². The van der Waals surface area contributed by atoms with Crippen molar-refractivity contribution >= 4 is 78.6 Å². The van der Waals surface area contributed by atoms with E-state index in [1.54, 1.807) is 87.5 Å². The van der Waals surface area contributed by atoms with Gasteiger partial charge in [0, 0.05) is 136 Å².